The summed E-state index contributed by atoms with van der Waals surface area (Å²) in [5.41, 5.74) is 0.327. The van der Waals surface area contributed by atoms with Crippen molar-refractivity contribution in [3.63, 3.8) is 0 Å². The van der Waals surface area contributed by atoms with Crippen LogP contribution in [0.1, 0.15) is 37.2 Å². The van der Waals surface area contributed by atoms with Gasteiger partial charge in [0, 0.05) is 0 Å². The molecule has 0 spiro atoms. The summed E-state index contributed by atoms with van der Waals surface area (Å²) in [6.07, 6.45) is 1.27. The Morgan fingerprint density at radius 1 is 1.16 bits per heavy atom. The molecule has 2 aromatic heterocycles. The van der Waals surface area contributed by atoms with E-state index in [9.17, 15) is 14.4 Å². The van der Waals surface area contributed by atoms with E-state index in [0.29, 0.717) is 10.9 Å². The Kier molecular flexibility index (Phi) is 3.13. The number of aromatic nitrogens is 6. The molecule has 0 radical (unpaired) electrons. The molecule has 0 unspecified atom stereocenters. The quantitative estimate of drug-likeness (QED) is 0.662. The SMILES string of the molecule is Cc1nc(C(=O)ON2C(=O)c3ccccc3C2=O)nn1-c1ncn[nH]1. The molecular formula is C14H9N7O4. The minimum absolute atomic E-state index is 0.164. The fourth-order valence-electron chi connectivity index (χ4n) is 2.35. The van der Waals surface area contributed by atoms with Gasteiger partial charge in [-0.05, 0) is 19.1 Å². The van der Waals surface area contributed by atoms with Gasteiger partial charge in [-0.15, -0.1) is 5.10 Å². The number of carbonyl (C=O) groups is 3. The summed E-state index contributed by atoms with van der Waals surface area (Å²) in [6, 6.07) is 6.17. The fourth-order valence-corrected chi connectivity index (χ4v) is 2.35. The van der Waals surface area contributed by atoms with Gasteiger partial charge in [0.1, 0.15) is 12.2 Å². The number of amides is 2. The average molecular weight is 339 g/mol. The number of aryl methyl sites for hydroxylation is 1. The summed E-state index contributed by atoms with van der Waals surface area (Å²) in [4.78, 5) is 49.4. The van der Waals surface area contributed by atoms with Gasteiger partial charge in [0.25, 0.3) is 17.6 Å². The molecule has 25 heavy (non-hydrogen) atoms. The third kappa shape index (κ3) is 2.25. The molecule has 0 saturated carbocycles. The van der Waals surface area contributed by atoms with Crippen LogP contribution < -0.4 is 0 Å². The molecule has 11 nitrogen and oxygen atoms in total. The monoisotopic (exact) mass is 339 g/mol. The topological polar surface area (TPSA) is 136 Å². The summed E-state index contributed by atoms with van der Waals surface area (Å²) in [6.45, 7) is 1.59. The number of imide groups is 1. The molecular weight excluding hydrogens is 330 g/mol. The number of hydrogen-bond donors (Lipinski definition) is 1. The minimum atomic E-state index is -1.05. The summed E-state index contributed by atoms with van der Waals surface area (Å²) in [5, 5.41) is 10.6. The van der Waals surface area contributed by atoms with Crippen LogP contribution in [-0.4, -0.2) is 52.8 Å². The van der Waals surface area contributed by atoms with Crippen LogP contribution in [0.15, 0.2) is 30.6 Å². The highest BCUT2D eigenvalue weighted by Gasteiger charge is 2.39. The lowest BCUT2D eigenvalue weighted by Crippen LogP contribution is -2.33. The van der Waals surface area contributed by atoms with Crippen molar-refractivity contribution in [3.05, 3.63) is 53.4 Å². The van der Waals surface area contributed by atoms with Crippen LogP contribution in [0.5, 0.6) is 0 Å². The van der Waals surface area contributed by atoms with Crippen molar-refractivity contribution in [2.75, 3.05) is 0 Å². The Hall–Kier alpha value is -3.89. The third-order valence-electron chi connectivity index (χ3n) is 3.49. The number of nitrogens with zero attached hydrogens (tertiary/aromatic N) is 6. The van der Waals surface area contributed by atoms with Crippen molar-refractivity contribution in [1.29, 1.82) is 0 Å². The second-order valence-corrected chi connectivity index (χ2v) is 5.03. The van der Waals surface area contributed by atoms with E-state index in [1.54, 1.807) is 19.1 Å². The molecule has 11 heteroatoms. The molecule has 0 atom stereocenters. The smallest absolute Gasteiger partial charge is 0.321 e. The van der Waals surface area contributed by atoms with Crippen LogP contribution in [-0.2, 0) is 4.84 Å². The van der Waals surface area contributed by atoms with E-state index in [2.05, 4.69) is 25.3 Å². The zero-order chi connectivity index (χ0) is 17.6. The number of hydroxylamine groups is 2. The lowest BCUT2D eigenvalue weighted by Gasteiger charge is -2.10. The number of aromatic amines is 1. The van der Waals surface area contributed by atoms with E-state index in [4.69, 9.17) is 4.84 Å². The zero-order valence-electron chi connectivity index (χ0n) is 12.7. The molecule has 1 aromatic carbocycles. The maximum atomic E-state index is 12.2. The van der Waals surface area contributed by atoms with Crippen LogP contribution >= 0.6 is 0 Å². The Morgan fingerprint density at radius 2 is 1.84 bits per heavy atom. The van der Waals surface area contributed by atoms with Gasteiger partial charge >= 0.3 is 5.97 Å². The van der Waals surface area contributed by atoms with Crippen molar-refractivity contribution in [1.82, 2.24) is 35.0 Å². The predicted molar refractivity (Wildman–Crippen MR) is 78.4 cm³/mol. The molecule has 3 heterocycles. The van der Waals surface area contributed by atoms with Crippen molar-refractivity contribution in [2.24, 2.45) is 0 Å². The van der Waals surface area contributed by atoms with Crippen LogP contribution in [0.2, 0.25) is 0 Å². The van der Waals surface area contributed by atoms with E-state index in [0.717, 1.165) is 0 Å². The summed E-state index contributed by atoms with van der Waals surface area (Å²) < 4.78 is 1.24. The Morgan fingerprint density at radius 3 is 2.44 bits per heavy atom. The van der Waals surface area contributed by atoms with Gasteiger partial charge in [-0.2, -0.15) is 14.8 Å². The molecule has 0 fully saturated rings. The lowest BCUT2D eigenvalue weighted by atomic mass is 10.1. The van der Waals surface area contributed by atoms with Crippen molar-refractivity contribution < 1.29 is 19.2 Å². The Labute approximate surface area is 139 Å². The van der Waals surface area contributed by atoms with Gasteiger partial charge in [0.15, 0.2) is 0 Å². The molecule has 4 rings (SSSR count). The van der Waals surface area contributed by atoms with Gasteiger partial charge < -0.3 is 4.84 Å². The molecule has 2 amide bonds. The second-order valence-electron chi connectivity index (χ2n) is 5.03. The molecule has 124 valence electrons. The highest BCUT2D eigenvalue weighted by molar-refractivity contribution is 6.21. The van der Waals surface area contributed by atoms with Crippen LogP contribution in [0, 0.1) is 6.92 Å². The number of H-pyrrole nitrogens is 1. The van der Waals surface area contributed by atoms with E-state index in [1.165, 1.54) is 23.1 Å². The van der Waals surface area contributed by atoms with Gasteiger partial charge in [-0.1, -0.05) is 17.2 Å². The summed E-state index contributed by atoms with van der Waals surface area (Å²) in [7, 11) is 0. The minimum Gasteiger partial charge on any atom is -0.321 e. The second kappa shape index (κ2) is 5.33. The van der Waals surface area contributed by atoms with Crippen LogP contribution in [0.25, 0.3) is 5.95 Å². The van der Waals surface area contributed by atoms with Gasteiger partial charge in [0.2, 0.25) is 5.95 Å². The first-order valence-corrected chi connectivity index (χ1v) is 7.06. The molecule has 0 aliphatic carbocycles. The van der Waals surface area contributed by atoms with Crippen molar-refractivity contribution in [3.8, 4) is 5.95 Å². The predicted octanol–water partition coefficient (Wildman–Crippen LogP) is 0.0618. The molecule has 3 aromatic rings. The van der Waals surface area contributed by atoms with E-state index in [1.807, 2.05) is 0 Å². The first kappa shape index (κ1) is 14.7. The summed E-state index contributed by atoms with van der Waals surface area (Å²) in [5.74, 6) is -2.22. The highest BCUT2D eigenvalue weighted by Crippen LogP contribution is 2.23. The molecule has 1 aliphatic rings. The maximum Gasteiger partial charge on any atom is 0.403 e. The number of benzene rings is 1. The van der Waals surface area contributed by atoms with E-state index < -0.39 is 17.8 Å². The number of fused-ring (bicyclic) bond motifs is 1. The van der Waals surface area contributed by atoms with Crippen molar-refractivity contribution in [2.45, 2.75) is 6.92 Å². The van der Waals surface area contributed by atoms with Crippen LogP contribution in [0.3, 0.4) is 0 Å². The Bertz CT molecular complexity index is 973. The largest absolute Gasteiger partial charge is 0.403 e. The maximum absolute atomic E-state index is 12.2. The standard InChI is InChI=1S/C14H9N7O4/c1-7-17-10(19-20(7)14-15-6-16-18-14)13(24)25-21-11(22)8-4-2-3-5-9(8)12(21)23/h2-6H,1H3,(H,15,16,18). The lowest BCUT2D eigenvalue weighted by molar-refractivity contribution is -0.0592. The first-order chi connectivity index (χ1) is 12.1. The average Bonchev–Trinajstić information content (AvgIpc) is 3.31. The molecule has 1 N–H and O–H groups in total. The molecule has 1 aliphatic heterocycles. The first-order valence-electron chi connectivity index (χ1n) is 7.06. The fraction of sp³-hybridized carbons (Fsp3) is 0.0714. The molecule has 0 bridgehead atoms. The van der Waals surface area contributed by atoms with Gasteiger partial charge in [-0.25, -0.2) is 14.9 Å². The molecule has 0 saturated heterocycles. The van der Waals surface area contributed by atoms with Gasteiger partial charge in [-0.3, -0.25) is 9.59 Å². The summed E-state index contributed by atoms with van der Waals surface area (Å²) >= 11 is 0. The zero-order valence-corrected chi connectivity index (χ0v) is 12.7. The van der Waals surface area contributed by atoms with Gasteiger partial charge in [0.05, 0.1) is 11.1 Å². The van der Waals surface area contributed by atoms with E-state index in [-0.39, 0.29) is 22.9 Å². The normalized spacial score (nSPS) is 13.2. The number of carbonyl (C=O) groups excluding carboxylic acids is 3. The highest BCUT2D eigenvalue weighted by atomic mass is 16.7. The number of hydrogen-bond acceptors (Lipinski definition) is 8. The number of rotatable bonds is 3. The van der Waals surface area contributed by atoms with E-state index >= 15 is 0 Å². The van der Waals surface area contributed by atoms with Crippen molar-refractivity contribution >= 4 is 17.8 Å². The van der Waals surface area contributed by atoms with Crippen LogP contribution in [0.4, 0.5) is 0 Å². The Balaban J connectivity index is 1.59. The third-order valence-corrected chi connectivity index (χ3v) is 3.49. The number of nitrogens with one attached hydrogen (secondary N) is 1.